The second-order valence-electron chi connectivity index (χ2n) is 6.58. The van der Waals surface area contributed by atoms with E-state index in [9.17, 15) is 18.0 Å². The van der Waals surface area contributed by atoms with Crippen LogP contribution in [0.2, 0.25) is 0 Å². The minimum Gasteiger partial charge on any atom is -0.344 e. The van der Waals surface area contributed by atoms with Crippen LogP contribution in [0.1, 0.15) is 34.1 Å². The second kappa shape index (κ2) is 5.71. The van der Waals surface area contributed by atoms with Crippen LogP contribution in [-0.2, 0) is 19.4 Å². The lowest BCUT2D eigenvalue weighted by molar-refractivity contribution is -0.137. The third-order valence-corrected chi connectivity index (χ3v) is 4.34. The zero-order valence-electron chi connectivity index (χ0n) is 12.8. The minimum absolute atomic E-state index is 0.0892. The highest BCUT2D eigenvalue weighted by molar-refractivity contribution is 7.90. The van der Waals surface area contributed by atoms with E-state index in [-0.39, 0.29) is 36.6 Å². The third kappa shape index (κ3) is 4.47. The van der Waals surface area contributed by atoms with Gasteiger partial charge in [0.1, 0.15) is 15.9 Å². The largest absolute Gasteiger partial charge is 0.344 e. The lowest BCUT2D eigenvalue weighted by Crippen LogP contribution is -2.53. The summed E-state index contributed by atoms with van der Waals surface area (Å²) >= 11 is 0. The van der Waals surface area contributed by atoms with Crippen molar-refractivity contribution in [3.05, 3.63) is 0 Å². The molecule has 0 aliphatic carbocycles. The summed E-state index contributed by atoms with van der Waals surface area (Å²) in [4.78, 5) is 25.9. The van der Waals surface area contributed by atoms with Gasteiger partial charge >= 0.3 is 0 Å². The average molecular weight is 304 g/mol. The van der Waals surface area contributed by atoms with E-state index >= 15 is 0 Å². The Labute approximate surface area is 120 Å². The fourth-order valence-electron chi connectivity index (χ4n) is 2.22. The number of hydrogen-bond acceptors (Lipinski definition) is 4. The van der Waals surface area contributed by atoms with Gasteiger partial charge in [0.25, 0.3) is 0 Å². The first-order valence-electron chi connectivity index (χ1n) is 6.69. The number of sulfone groups is 1. The standard InChI is InChI=1S/C13H24N2O4S/c1-9-8-10(16)14-11(13(2,3)4)12(17)15(9)6-7-20(5,18)19/h9,11H,6-8H2,1-5H3,(H,14,16). The molecule has 1 heterocycles. The quantitative estimate of drug-likeness (QED) is 0.806. The normalized spacial score (nSPS) is 25.4. The van der Waals surface area contributed by atoms with Gasteiger partial charge in [-0.1, -0.05) is 20.8 Å². The Morgan fingerprint density at radius 2 is 1.85 bits per heavy atom. The summed E-state index contributed by atoms with van der Waals surface area (Å²) in [5.41, 5.74) is -0.417. The van der Waals surface area contributed by atoms with Crippen molar-refractivity contribution in [3.63, 3.8) is 0 Å². The fraction of sp³-hybridized carbons (Fsp3) is 0.846. The SMILES string of the molecule is CC1CC(=O)NC(C(C)(C)C)C(=O)N1CCS(C)(=O)=O. The maximum atomic E-state index is 12.6. The van der Waals surface area contributed by atoms with Gasteiger partial charge in [0.2, 0.25) is 11.8 Å². The molecule has 1 saturated heterocycles. The molecular weight excluding hydrogens is 280 g/mol. The predicted molar refractivity (Wildman–Crippen MR) is 76.9 cm³/mol. The first kappa shape index (κ1) is 16.9. The third-order valence-electron chi connectivity index (χ3n) is 3.42. The number of rotatable bonds is 3. The fourth-order valence-corrected chi connectivity index (χ4v) is 2.75. The Morgan fingerprint density at radius 3 is 2.30 bits per heavy atom. The van der Waals surface area contributed by atoms with E-state index in [1.807, 2.05) is 20.8 Å². The number of carbonyl (C=O) groups is 2. The summed E-state index contributed by atoms with van der Waals surface area (Å²) in [6.07, 6.45) is 1.34. The molecule has 0 bridgehead atoms. The highest BCUT2D eigenvalue weighted by Crippen LogP contribution is 2.24. The summed E-state index contributed by atoms with van der Waals surface area (Å²) in [5, 5.41) is 2.75. The molecule has 2 amide bonds. The van der Waals surface area contributed by atoms with Crippen molar-refractivity contribution in [2.75, 3.05) is 18.6 Å². The Balaban J connectivity index is 3.00. The van der Waals surface area contributed by atoms with Gasteiger partial charge in [-0.25, -0.2) is 8.42 Å². The highest BCUT2D eigenvalue weighted by atomic mass is 32.2. The van der Waals surface area contributed by atoms with Gasteiger partial charge < -0.3 is 10.2 Å². The lowest BCUT2D eigenvalue weighted by Gasteiger charge is -2.34. The van der Waals surface area contributed by atoms with E-state index in [1.165, 1.54) is 4.90 Å². The molecule has 1 fully saturated rings. The Bertz CT molecular complexity index is 493. The summed E-state index contributed by atoms with van der Waals surface area (Å²) in [6, 6.07) is -0.920. The van der Waals surface area contributed by atoms with Gasteiger partial charge in [-0.05, 0) is 12.3 Å². The van der Waals surface area contributed by atoms with Gasteiger partial charge in [-0.3, -0.25) is 9.59 Å². The zero-order chi connectivity index (χ0) is 15.7. The molecule has 20 heavy (non-hydrogen) atoms. The molecule has 116 valence electrons. The van der Waals surface area contributed by atoms with Crippen molar-refractivity contribution < 1.29 is 18.0 Å². The van der Waals surface area contributed by atoms with Gasteiger partial charge in [-0.15, -0.1) is 0 Å². The predicted octanol–water partition coefficient (Wildman–Crippen LogP) is 0.183. The molecule has 0 radical (unpaired) electrons. The monoisotopic (exact) mass is 304 g/mol. The van der Waals surface area contributed by atoms with Crippen LogP contribution >= 0.6 is 0 Å². The van der Waals surface area contributed by atoms with Gasteiger partial charge in [-0.2, -0.15) is 0 Å². The maximum absolute atomic E-state index is 12.6. The van der Waals surface area contributed by atoms with Crippen LogP contribution in [0.4, 0.5) is 0 Å². The van der Waals surface area contributed by atoms with E-state index in [0.29, 0.717) is 0 Å². The number of nitrogens with zero attached hydrogens (tertiary/aromatic N) is 1. The van der Waals surface area contributed by atoms with E-state index in [2.05, 4.69) is 5.32 Å². The minimum atomic E-state index is -3.15. The van der Waals surface area contributed by atoms with E-state index in [4.69, 9.17) is 0 Å². The molecule has 0 aromatic heterocycles. The van der Waals surface area contributed by atoms with Crippen LogP contribution in [-0.4, -0.2) is 55.8 Å². The Hall–Kier alpha value is -1.11. The molecule has 1 N–H and O–H groups in total. The first-order valence-corrected chi connectivity index (χ1v) is 8.75. The van der Waals surface area contributed by atoms with Gasteiger partial charge in [0, 0.05) is 25.3 Å². The molecule has 2 unspecified atom stereocenters. The Morgan fingerprint density at radius 1 is 1.30 bits per heavy atom. The number of nitrogens with one attached hydrogen (secondary N) is 1. The van der Waals surface area contributed by atoms with Crippen molar-refractivity contribution >= 4 is 21.7 Å². The van der Waals surface area contributed by atoms with Crippen molar-refractivity contribution in [2.24, 2.45) is 5.41 Å². The van der Waals surface area contributed by atoms with Crippen molar-refractivity contribution in [2.45, 2.75) is 46.2 Å². The number of amides is 2. The molecule has 1 rings (SSSR count). The molecule has 1 aliphatic rings. The molecule has 1 aliphatic heterocycles. The van der Waals surface area contributed by atoms with Crippen LogP contribution in [0.25, 0.3) is 0 Å². The smallest absolute Gasteiger partial charge is 0.245 e. The maximum Gasteiger partial charge on any atom is 0.245 e. The van der Waals surface area contributed by atoms with Crippen LogP contribution in [0.5, 0.6) is 0 Å². The lowest BCUT2D eigenvalue weighted by atomic mass is 9.86. The molecule has 0 spiro atoms. The van der Waals surface area contributed by atoms with Crippen LogP contribution in [0, 0.1) is 5.41 Å². The number of hydrogen-bond donors (Lipinski definition) is 1. The molecule has 0 saturated carbocycles. The molecule has 2 atom stereocenters. The van der Waals surface area contributed by atoms with E-state index < -0.39 is 21.3 Å². The molecule has 0 aromatic rings. The topological polar surface area (TPSA) is 83.6 Å². The van der Waals surface area contributed by atoms with Crippen molar-refractivity contribution in [1.82, 2.24) is 10.2 Å². The van der Waals surface area contributed by atoms with E-state index in [1.54, 1.807) is 6.92 Å². The van der Waals surface area contributed by atoms with Crippen molar-refractivity contribution in [3.8, 4) is 0 Å². The summed E-state index contributed by atoms with van der Waals surface area (Å²) in [5.74, 6) is -0.471. The van der Waals surface area contributed by atoms with Gasteiger partial charge in [0.15, 0.2) is 0 Å². The summed E-state index contributed by atoms with van der Waals surface area (Å²) in [6.45, 7) is 7.52. The average Bonchev–Trinajstić information content (AvgIpc) is 2.31. The van der Waals surface area contributed by atoms with Gasteiger partial charge in [0.05, 0.1) is 5.75 Å². The van der Waals surface area contributed by atoms with Crippen LogP contribution in [0.15, 0.2) is 0 Å². The van der Waals surface area contributed by atoms with Crippen LogP contribution < -0.4 is 5.32 Å². The first-order chi connectivity index (χ1) is 8.92. The number of carbonyl (C=O) groups excluding carboxylic acids is 2. The van der Waals surface area contributed by atoms with Crippen LogP contribution in [0.3, 0.4) is 0 Å². The zero-order valence-corrected chi connectivity index (χ0v) is 13.6. The summed E-state index contributed by atoms with van der Waals surface area (Å²) in [7, 11) is -3.15. The highest BCUT2D eigenvalue weighted by Gasteiger charge is 2.40. The Kier molecular flexibility index (Phi) is 4.84. The molecular formula is C13H24N2O4S. The molecule has 6 nitrogen and oxygen atoms in total. The van der Waals surface area contributed by atoms with Crippen molar-refractivity contribution in [1.29, 1.82) is 0 Å². The molecule has 7 heteroatoms. The summed E-state index contributed by atoms with van der Waals surface area (Å²) < 4.78 is 22.6. The van der Waals surface area contributed by atoms with E-state index in [0.717, 1.165) is 6.26 Å². The molecule has 0 aromatic carbocycles. The second-order valence-corrected chi connectivity index (χ2v) is 8.84.